The number of amides is 1. The summed E-state index contributed by atoms with van der Waals surface area (Å²) >= 11 is 1.27. The summed E-state index contributed by atoms with van der Waals surface area (Å²) in [6.45, 7) is 6.02. The van der Waals surface area contributed by atoms with E-state index in [0.717, 1.165) is 15.8 Å². The lowest BCUT2D eigenvalue weighted by molar-refractivity contribution is 0.0992. The number of aromatic nitrogens is 3. The van der Waals surface area contributed by atoms with Gasteiger partial charge in [0.2, 0.25) is 0 Å². The zero-order chi connectivity index (χ0) is 16.6. The second kappa shape index (κ2) is 5.92. The molecule has 23 heavy (non-hydrogen) atoms. The maximum Gasteiger partial charge on any atom is 0.300 e. The number of hydrogen-bond donors (Lipinski definition) is 0. The van der Waals surface area contributed by atoms with Gasteiger partial charge in [0.05, 0.1) is 10.2 Å². The van der Waals surface area contributed by atoms with Crippen LogP contribution < -0.4 is 4.80 Å². The highest BCUT2D eigenvalue weighted by Gasteiger charge is 2.14. The first-order valence-electron chi connectivity index (χ1n) is 6.98. The van der Waals surface area contributed by atoms with Gasteiger partial charge in [0.15, 0.2) is 10.5 Å². The Hall–Kier alpha value is -2.54. The molecule has 118 valence electrons. The van der Waals surface area contributed by atoms with E-state index in [2.05, 4.69) is 16.7 Å². The molecule has 0 spiro atoms. The number of allylic oxidation sites excluding steroid dienone is 1. The highest BCUT2D eigenvalue weighted by molar-refractivity contribution is 7.16. The number of hydrogen-bond acceptors (Lipinski definition) is 3. The Balaban J connectivity index is 2.17. The smallest absolute Gasteiger partial charge is 0.300 e. The first kappa shape index (κ1) is 15.4. The van der Waals surface area contributed by atoms with Crippen molar-refractivity contribution < 1.29 is 9.18 Å². The molecule has 0 radical (unpaired) electrons. The van der Waals surface area contributed by atoms with Gasteiger partial charge < -0.3 is 4.57 Å². The van der Waals surface area contributed by atoms with Gasteiger partial charge >= 0.3 is 0 Å². The van der Waals surface area contributed by atoms with Crippen molar-refractivity contribution in [1.82, 2.24) is 14.3 Å². The molecule has 0 saturated heterocycles. The number of aryl methyl sites for hydroxylation is 2. The van der Waals surface area contributed by atoms with Crippen molar-refractivity contribution in [2.45, 2.75) is 13.5 Å². The molecule has 2 heterocycles. The Morgan fingerprint density at radius 2 is 2.30 bits per heavy atom. The van der Waals surface area contributed by atoms with Crippen molar-refractivity contribution in [3.8, 4) is 0 Å². The lowest BCUT2D eigenvalue weighted by Crippen LogP contribution is -2.16. The summed E-state index contributed by atoms with van der Waals surface area (Å²) in [5.41, 5.74) is 1.91. The van der Waals surface area contributed by atoms with Crippen molar-refractivity contribution in [1.29, 1.82) is 0 Å². The summed E-state index contributed by atoms with van der Waals surface area (Å²) < 4.78 is 17.6. The normalized spacial score (nSPS) is 12.0. The molecule has 0 N–H and O–H groups in total. The minimum Gasteiger partial charge on any atom is -0.312 e. The Labute approximate surface area is 136 Å². The number of benzene rings is 1. The van der Waals surface area contributed by atoms with Gasteiger partial charge in [-0.2, -0.15) is 10.1 Å². The molecule has 1 aromatic carbocycles. The Kier molecular flexibility index (Phi) is 3.96. The van der Waals surface area contributed by atoms with Gasteiger partial charge in [-0.3, -0.25) is 9.48 Å². The van der Waals surface area contributed by atoms with Gasteiger partial charge in [-0.05, 0) is 25.1 Å². The van der Waals surface area contributed by atoms with E-state index in [1.54, 1.807) is 30.1 Å². The van der Waals surface area contributed by atoms with Crippen molar-refractivity contribution in [3.63, 3.8) is 0 Å². The Morgan fingerprint density at radius 1 is 1.52 bits per heavy atom. The fourth-order valence-electron chi connectivity index (χ4n) is 2.40. The number of carbonyl (C=O) groups excluding carboxylic acids is 1. The molecule has 0 aliphatic carbocycles. The molecule has 3 rings (SSSR count). The van der Waals surface area contributed by atoms with Gasteiger partial charge in [-0.25, -0.2) is 4.39 Å². The number of nitrogens with zero attached hydrogens (tertiary/aromatic N) is 4. The third-order valence-corrected chi connectivity index (χ3v) is 4.41. The molecule has 3 aromatic rings. The van der Waals surface area contributed by atoms with E-state index in [9.17, 15) is 9.18 Å². The van der Waals surface area contributed by atoms with E-state index in [-0.39, 0.29) is 5.82 Å². The van der Waals surface area contributed by atoms with E-state index in [1.807, 2.05) is 11.5 Å². The molecule has 2 aromatic heterocycles. The molecule has 7 heteroatoms. The fourth-order valence-corrected chi connectivity index (χ4v) is 3.46. The zero-order valence-corrected chi connectivity index (χ0v) is 13.6. The molecular formula is C16H15FN4OS. The van der Waals surface area contributed by atoms with E-state index < -0.39 is 5.91 Å². The summed E-state index contributed by atoms with van der Waals surface area (Å²) in [6, 6.07) is 4.51. The third kappa shape index (κ3) is 2.87. The first-order chi connectivity index (χ1) is 11.0. The van der Waals surface area contributed by atoms with Crippen LogP contribution in [0, 0.1) is 12.7 Å². The highest BCUT2D eigenvalue weighted by Crippen LogP contribution is 2.19. The average molecular weight is 330 g/mol. The van der Waals surface area contributed by atoms with Gasteiger partial charge in [0.25, 0.3) is 5.91 Å². The van der Waals surface area contributed by atoms with Crippen molar-refractivity contribution >= 4 is 27.5 Å². The maximum absolute atomic E-state index is 13.4. The second-order valence-corrected chi connectivity index (χ2v) is 6.16. The maximum atomic E-state index is 13.4. The number of rotatable bonds is 3. The number of thiazole rings is 1. The van der Waals surface area contributed by atoms with Crippen LogP contribution in [-0.4, -0.2) is 20.3 Å². The Bertz CT molecular complexity index is 980. The summed E-state index contributed by atoms with van der Waals surface area (Å²) in [4.78, 5) is 17.1. The first-order valence-corrected chi connectivity index (χ1v) is 7.80. The lowest BCUT2D eigenvalue weighted by Gasteiger charge is -2.00. The minimum atomic E-state index is -0.409. The van der Waals surface area contributed by atoms with Crippen LogP contribution >= 0.6 is 11.3 Å². The van der Waals surface area contributed by atoms with Gasteiger partial charge in [-0.1, -0.05) is 17.4 Å². The second-order valence-electron chi connectivity index (χ2n) is 5.15. The summed E-state index contributed by atoms with van der Waals surface area (Å²) in [5.74, 6) is -0.726. The zero-order valence-electron chi connectivity index (χ0n) is 12.8. The molecule has 0 atom stereocenters. The molecule has 0 aliphatic heterocycles. The number of fused-ring (bicyclic) bond motifs is 1. The van der Waals surface area contributed by atoms with E-state index in [4.69, 9.17) is 0 Å². The number of carbonyl (C=O) groups is 1. The van der Waals surface area contributed by atoms with Crippen molar-refractivity contribution in [2.24, 2.45) is 12.0 Å². The number of halogens is 1. The standard InChI is InChI=1S/C16H15FN4OS/c1-4-7-21-12-6-5-11(17)8-13(12)23-16(21)18-15(22)14-10(2)9-20(3)19-14/h4-6,8-9H,1,7H2,2-3H3. The van der Waals surface area contributed by atoms with E-state index in [0.29, 0.717) is 17.0 Å². The van der Waals surface area contributed by atoms with Crippen molar-refractivity contribution in [3.05, 3.63) is 58.9 Å². The molecule has 5 nitrogen and oxygen atoms in total. The predicted octanol–water partition coefficient (Wildman–Crippen LogP) is 2.81. The predicted molar refractivity (Wildman–Crippen MR) is 87.8 cm³/mol. The quantitative estimate of drug-likeness (QED) is 0.694. The fraction of sp³-hybridized carbons (Fsp3) is 0.188. The SMILES string of the molecule is C=CCn1c(=NC(=O)c2nn(C)cc2C)sc2cc(F)ccc21. The summed E-state index contributed by atoms with van der Waals surface area (Å²) in [6.07, 6.45) is 3.48. The minimum absolute atomic E-state index is 0.317. The molecule has 0 unspecified atom stereocenters. The van der Waals surface area contributed by atoms with E-state index in [1.165, 1.54) is 23.5 Å². The van der Waals surface area contributed by atoms with Crippen LogP contribution in [0.15, 0.2) is 42.0 Å². The molecule has 0 aliphatic rings. The lowest BCUT2D eigenvalue weighted by atomic mass is 10.3. The largest absolute Gasteiger partial charge is 0.312 e. The highest BCUT2D eigenvalue weighted by atomic mass is 32.1. The molecule has 0 saturated carbocycles. The topological polar surface area (TPSA) is 52.2 Å². The van der Waals surface area contributed by atoms with Crippen LogP contribution in [0.2, 0.25) is 0 Å². The van der Waals surface area contributed by atoms with Crippen LogP contribution in [0.3, 0.4) is 0 Å². The van der Waals surface area contributed by atoms with Crippen molar-refractivity contribution in [2.75, 3.05) is 0 Å². The van der Waals surface area contributed by atoms with Crippen LogP contribution in [0.5, 0.6) is 0 Å². The van der Waals surface area contributed by atoms with Crippen LogP contribution in [-0.2, 0) is 13.6 Å². The summed E-state index contributed by atoms with van der Waals surface area (Å²) in [5, 5.41) is 4.14. The third-order valence-electron chi connectivity index (χ3n) is 3.37. The Morgan fingerprint density at radius 3 is 2.96 bits per heavy atom. The van der Waals surface area contributed by atoms with Crippen LogP contribution in [0.25, 0.3) is 10.2 Å². The van der Waals surface area contributed by atoms with Crippen LogP contribution in [0.1, 0.15) is 16.1 Å². The van der Waals surface area contributed by atoms with Gasteiger partial charge in [0, 0.05) is 25.4 Å². The molecular weight excluding hydrogens is 315 g/mol. The monoisotopic (exact) mass is 330 g/mol. The molecule has 1 amide bonds. The van der Waals surface area contributed by atoms with Gasteiger partial charge in [-0.15, -0.1) is 6.58 Å². The molecule has 0 bridgehead atoms. The summed E-state index contributed by atoms with van der Waals surface area (Å²) in [7, 11) is 1.75. The van der Waals surface area contributed by atoms with Gasteiger partial charge in [0.1, 0.15) is 5.82 Å². The molecule has 0 fully saturated rings. The average Bonchev–Trinajstić information content (AvgIpc) is 2.99. The van der Waals surface area contributed by atoms with Crippen LogP contribution in [0.4, 0.5) is 4.39 Å². The van der Waals surface area contributed by atoms with E-state index >= 15 is 0 Å².